The number of nitrogens with one attached hydrogen (secondary N) is 1. The summed E-state index contributed by atoms with van der Waals surface area (Å²) in [5.74, 6) is 1.53. The van der Waals surface area contributed by atoms with E-state index in [-0.39, 0.29) is 18.3 Å². The van der Waals surface area contributed by atoms with Gasteiger partial charge in [-0.25, -0.2) is 0 Å². The molecule has 1 N–H and O–H groups in total. The first-order chi connectivity index (χ1) is 8.24. The minimum Gasteiger partial charge on any atom is -0.338 e. The molecule has 2 aliphatic rings. The van der Waals surface area contributed by atoms with Crippen LogP contribution in [0.2, 0.25) is 0 Å². The molecular weight excluding hydrogens is 363 g/mol. The molecule has 2 fully saturated rings. The molecule has 0 unspecified atom stereocenters. The van der Waals surface area contributed by atoms with Crippen molar-refractivity contribution < 1.29 is 4.79 Å². The van der Waals surface area contributed by atoms with E-state index in [1.54, 1.807) is 0 Å². The molecular formula is C13H16ClIN2O. The van der Waals surface area contributed by atoms with Crippen molar-refractivity contribution in [3.05, 3.63) is 33.4 Å². The average Bonchev–Trinajstić information content (AvgIpc) is 2.89. The highest BCUT2D eigenvalue weighted by Gasteiger charge is 2.38. The molecule has 0 bridgehead atoms. The van der Waals surface area contributed by atoms with Crippen LogP contribution in [0.4, 0.5) is 0 Å². The molecule has 2 aliphatic heterocycles. The van der Waals surface area contributed by atoms with Crippen LogP contribution in [0.1, 0.15) is 10.4 Å². The zero-order valence-electron chi connectivity index (χ0n) is 9.93. The highest BCUT2D eigenvalue weighted by Crippen LogP contribution is 2.27. The van der Waals surface area contributed by atoms with Gasteiger partial charge in [0.15, 0.2) is 0 Å². The summed E-state index contributed by atoms with van der Waals surface area (Å²) in [5, 5.41) is 3.39. The van der Waals surface area contributed by atoms with Crippen molar-refractivity contribution in [2.45, 2.75) is 0 Å². The lowest BCUT2D eigenvalue weighted by atomic mass is 10.0. The van der Waals surface area contributed by atoms with Crippen LogP contribution in [-0.2, 0) is 0 Å². The molecule has 2 saturated heterocycles. The first kappa shape index (κ1) is 14.1. The standard InChI is InChI=1S/C13H15IN2O.ClH/c14-12-3-1-9(2-4-12)13(17)16-7-10-5-15-6-11(10)8-16;/h1-4,10-11,15H,5-8H2;1H/t10-,11+;. The normalized spacial score (nSPS) is 25.7. The first-order valence-corrected chi connectivity index (χ1v) is 7.07. The Hall–Kier alpha value is -0.330. The summed E-state index contributed by atoms with van der Waals surface area (Å²) in [5.41, 5.74) is 0.818. The lowest BCUT2D eigenvalue weighted by Gasteiger charge is -2.17. The maximum absolute atomic E-state index is 12.3. The van der Waals surface area contributed by atoms with E-state index < -0.39 is 0 Å². The van der Waals surface area contributed by atoms with Crippen molar-refractivity contribution in [3.63, 3.8) is 0 Å². The van der Waals surface area contributed by atoms with Crippen molar-refractivity contribution >= 4 is 40.9 Å². The average molecular weight is 379 g/mol. The van der Waals surface area contributed by atoms with Gasteiger partial charge in [-0.1, -0.05) is 0 Å². The Bertz CT molecular complexity index is 425. The van der Waals surface area contributed by atoms with Crippen LogP contribution in [0, 0.1) is 15.4 Å². The van der Waals surface area contributed by atoms with E-state index >= 15 is 0 Å². The Morgan fingerprint density at radius 1 is 1.17 bits per heavy atom. The number of hydrogen-bond acceptors (Lipinski definition) is 2. The van der Waals surface area contributed by atoms with Crippen LogP contribution >= 0.6 is 35.0 Å². The summed E-state index contributed by atoms with van der Waals surface area (Å²) >= 11 is 2.26. The number of nitrogens with zero attached hydrogens (tertiary/aromatic N) is 1. The molecule has 18 heavy (non-hydrogen) atoms. The van der Waals surface area contributed by atoms with Crippen LogP contribution in [-0.4, -0.2) is 37.0 Å². The van der Waals surface area contributed by atoms with Gasteiger partial charge in [-0.15, -0.1) is 12.4 Å². The van der Waals surface area contributed by atoms with Gasteiger partial charge in [0.05, 0.1) is 0 Å². The molecule has 3 rings (SSSR count). The number of halogens is 2. The summed E-state index contributed by atoms with van der Waals surface area (Å²) in [6.45, 7) is 3.98. The third-order valence-electron chi connectivity index (χ3n) is 3.77. The highest BCUT2D eigenvalue weighted by molar-refractivity contribution is 14.1. The molecule has 3 nitrogen and oxygen atoms in total. The van der Waals surface area contributed by atoms with Crippen molar-refractivity contribution in [1.29, 1.82) is 0 Å². The van der Waals surface area contributed by atoms with E-state index in [1.165, 1.54) is 3.57 Å². The fourth-order valence-electron chi connectivity index (χ4n) is 2.80. The molecule has 0 radical (unpaired) electrons. The van der Waals surface area contributed by atoms with Crippen molar-refractivity contribution in [3.8, 4) is 0 Å². The molecule has 1 aromatic rings. The number of amides is 1. The van der Waals surface area contributed by atoms with Crippen molar-refractivity contribution in [2.24, 2.45) is 11.8 Å². The van der Waals surface area contributed by atoms with Gasteiger partial charge in [0, 0.05) is 35.3 Å². The Morgan fingerprint density at radius 3 is 2.28 bits per heavy atom. The molecule has 2 atom stereocenters. The smallest absolute Gasteiger partial charge is 0.253 e. The number of hydrogen-bond donors (Lipinski definition) is 1. The molecule has 98 valence electrons. The third-order valence-corrected chi connectivity index (χ3v) is 4.49. The maximum atomic E-state index is 12.3. The van der Waals surface area contributed by atoms with Crippen molar-refractivity contribution in [2.75, 3.05) is 26.2 Å². The Labute approximate surface area is 127 Å². The van der Waals surface area contributed by atoms with E-state index in [0.29, 0.717) is 11.8 Å². The first-order valence-electron chi connectivity index (χ1n) is 5.99. The van der Waals surface area contributed by atoms with Gasteiger partial charge in [0.25, 0.3) is 5.91 Å². The Kier molecular flexibility index (Phi) is 4.50. The van der Waals surface area contributed by atoms with Gasteiger partial charge in [-0.05, 0) is 58.7 Å². The Morgan fingerprint density at radius 2 is 1.72 bits per heavy atom. The van der Waals surface area contributed by atoms with Crippen LogP contribution in [0.3, 0.4) is 0 Å². The van der Waals surface area contributed by atoms with Crippen LogP contribution < -0.4 is 5.32 Å². The lowest BCUT2D eigenvalue weighted by molar-refractivity contribution is 0.0781. The van der Waals surface area contributed by atoms with E-state index in [0.717, 1.165) is 31.7 Å². The second-order valence-electron chi connectivity index (χ2n) is 4.90. The second kappa shape index (κ2) is 5.75. The minimum absolute atomic E-state index is 0. The summed E-state index contributed by atoms with van der Waals surface area (Å²) < 4.78 is 1.17. The fraction of sp³-hybridized carbons (Fsp3) is 0.462. The maximum Gasteiger partial charge on any atom is 0.253 e. The molecule has 2 heterocycles. The number of likely N-dealkylation sites (tertiary alicyclic amines) is 1. The molecule has 1 aromatic carbocycles. The molecule has 0 aliphatic carbocycles. The van der Waals surface area contributed by atoms with E-state index in [4.69, 9.17) is 0 Å². The third kappa shape index (κ3) is 2.65. The minimum atomic E-state index is 0. The van der Waals surface area contributed by atoms with Gasteiger partial charge in [-0.2, -0.15) is 0 Å². The lowest BCUT2D eigenvalue weighted by Crippen LogP contribution is -2.31. The Balaban J connectivity index is 0.00000120. The monoisotopic (exact) mass is 378 g/mol. The summed E-state index contributed by atoms with van der Waals surface area (Å²) in [4.78, 5) is 14.3. The number of benzene rings is 1. The molecule has 5 heteroatoms. The van der Waals surface area contributed by atoms with Crippen LogP contribution in [0.5, 0.6) is 0 Å². The molecule has 0 saturated carbocycles. The van der Waals surface area contributed by atoms with Crippen LogP contribution in [0.25, 0.3) is 0 Å². The number of carbonyl (C=O) groups excluding carboxylic acids is 1. The second-order valence-corrected chi connectivity index (χ2v) is 6.14. The zero-order valence-corrected chi connectivity index (χ0v) is 12.9. The molecule has 0 aromatic heterocycles. The van der Waals surface area contributed by atoms with E-state index in [1.807, 2.05) is 29.2 Å². The topological polar surface area (TPSA) is 32.3 Å². The van der Waals surface area contributed by atoms with Gasteiger partial charge in [0.1, 0.15) is 0 Å². The predicted octanol–water partition coefficient (Wildman–Crippen LogP) is 2.00. The predicted molar refractivity (Wildman–Crippen MR) is 82.2 cm³/mol. The van der Waals surface area contributed by atoms with E-state index in [2.05, 4.69) is 27.9 Å². The summed E-state index contributed by atoms with van der Waals surface area (Å²) in [6, 6.07) is 7.84. The summed E-state index contributed by atoms with van der Waals surface area (Å²) in [7, 11) is 0. The van der Waals surface area contributed by atoms with Gasteiger partial charge in [-0.3, -0.25) is 4.79 Å². The van der Waals surface area contributed by atoms with E-state index in [9.17, 15) is 4.79 Å². The quantitative estimate of drug-likeness (QED) is 0.758. The van der Waals surface area contributed by atoms with Gasteiger partial charge < -0.3 is 10.2 Å². The number of fused-ring (bicyclic) bond motifs is 1. The number of rotatable bonds is 1. The highest BCUT2D eigenvalue weighted by atomic mass is 127. The zero-order chi connectivity index (χ0) is 11.8. The van der Waals surface area contributed by atoms with Gasteiger partial charge in [0.2, 0.25) is 0 Å². The van der Waals surface area contributed by atoms with Crippen molar-refractivity contribution in [1.82, 2.24) is 10.2 Å². The molecule has 1 amide bonds. The largest absolute Gasteiger partial charge is 0.338 e. The SMILES string of the molecule is Cl.O=C(c1ccc(I)cc1)N1C[C@H]2CNC[C@H]2C1. The summed E-state index contributed by atoms with van der Waals surface area (Å²) in [6.07, 6.45) is 0. The fourth-order valence-corrected chi connectivity index (χ4v) is 3.16. The van der Waals surface area contributed by atoms with Crippen LogP contribution in [0.15, 0.2) is 24.3 Å². The number of carbonyl (C=O) groups is 1. The van der Waals surface area contributed by atoms with Gasteiger partial charge >= 0.3 is 0 Å². The molecule has 0 spiro atoms.